The minimum atomic E-state index is -0.840. The van der Waals surface area contributed by atoms with Crippen LogP contribution in [0.5, 0.6) is 5.06 Å². The lowest BCUT2D eigenvalue weighted by Gasteiger charge is -2.37. The first-order valence-corrected chi connectivity index (χ1v) is 15.8. The number of carbonyl (C=O) groups excluding carboxylic acids is 2. The summed E-state index contributed by atoms with van der Waals surface area (Å²) in [7, 11) is 5.23. The number of hydrogen-bond acceptors (Lipinski definition) is 8. The van der Waals surface area contributed by atoms with Gasteiger partial charge in [0.1, 0.15) is 6.04 Å². The Morgan fingerprint density at radius 2 is 1.82 bits per heavy atom. The van der Waals surface area contributed by atoms with Crippen molar-refractivity contribution in [2.24, 2.45) is 7.05 Å². The molecule has 2 aliphatic rings. The average Bonchev–Trinajstić information content (AvgIpc) is 3.42. The van der Waals surface area contributed by atoms with Gasteiger partial charge in [0.05, 0.1) is 11.4 Å². The van der Waals surface area contributed by atoms with E-state index in [0.29, 0.717) is 17.3 Å². The highest BCUT2D eigenvalue weighted by atomic mass is 35.5. The smallest absolute Gasteiger partial charge is 0.399 e. The minimum Gasteiger partial charge on any atom is -0.399 e. The van der Waals surface area contributed by atoms with Gasteiger partial charge in [0.25, 0.3) is 5.56 Å². The van der Waals surface area contributed by atoms with Crippen molar-refractivity contribution in [2.75, 3.05) is 37.8 Å². The molecule has 1 unspecified atom stereocenters. The molecular formula is C32H32ClFN6O4S. The molecule has 2 N–H and O–H groups in total. The molecule has 6 rings (SSSR count). The van der Waals surface area contributed by atoms with E-state index in [1.807, 2.05) is 30.1 Å². The lowest BCUT2D eigenvalue weighted by molar-refractivity contribution is -0.139. The summed E-state index contributed by atoms with van der Waals surface area (Å²) in [6.07, 6.45) is 4.68. The number of hydrogen-bond donors (Lipinski definition) is 2. The van der Waals surface area contributed by atoms with E-state index < -0.39 is 23.5 Å². The van der Waals surface area contributed by atoms with E-state index in [-0.39, 0.29) is 33.7 Å². The second-order valence-corrected chi connectivity index (χ2v) is 12.9. The molecule has 4 aromatic rings. The molecule has 2 aromatic heterocycles. The summed E-state index contributed by atoms with van der Waals surface area (Å²) in [5.74, 6) is -0.804. The van der Waals surface area contributed by atoms with E-state index in [1.54, 1.807) is 24.1 Å². The first kappa shape index (κ1) is 30.8. The van der Waals surface area contributed by atoms with Crippen molar-refractivity contribution < 1.29 is 18.7 Å². The summed E-state index contributed by atoms with van der Waals surface area (Å²) < 4.78 is 22.6. The first-order chi connectivity index (χ1) is 21.6. The SMILES string of the molecule is CN1CCN(C)C(c2ccc(Nc3nc(-c4cc(Cl)cc(NC(=O)Oc5cc6c(s5)CCCC6)c4F)cn(C)c3=O)cc2)C1=O. The number of rotatable bonds is 6. The summed E-state index contributed by atoms with van der Waals surface area (Å²) in [6.45, 7) is 1.43. The number of carbonyl (C=O) groups is 2. The van der Waals surface area contributed by atoms with Crippen LogP contribution in [-0.4, -0.2) is 58.5 Å². The third kappa shape index (κ3) is 6.44. The summed E-state index contributed by atoms with van der Waals surface area (Å²) in [4.78, 5) is 47.8. The number of halogens is 2. The van der Waals surface area contributed by atoms with Gasteiger partial charge in [-0.3, -0.25) is 19.8 Å². The molecule has 3 heterocycles. The molecule has 0 saturated carbocycles. The lowest BCUT2D eigenvalue weighted by atomic mass is 10.00. The highest BCUT2D eigenvalue weighted by molar-refractivity contribution is 7.14. The number of amides is 2. The fraction of sp³-hybridized carbons (Fsp3) is 0.312. The van der Waals surface area contributed by atoms with Crippen LogP contribution < -0.4 is 20.9 Å². The zero-order chi connectivity index (χ0) is 31.8. The fourth-order valence-corrected chi connectivity index (χ4v) is 6.97. The van der Waals surface area contributed by atoms with Crippen LogP contribution in [0.4, 0.5) is 26.4 Å². The van der Waals surface area contributed by atoms with E-state index in [1.165, 1.54) is 51.7 Å². The molecule has 10 nitrogen and oxygen atoms in total. The molecule has 1 fully saturated rings. The van der Waals surface area contributed by atoms with E-state index in [4.69, 9.17) is 16.3 Å². The standard InChI is InChI=1S/C32H32ClFN6O4S/c1-38-12-13-39(2)30(41)28(38)18-8-10-21(11-9-18)35-29-31(42)40(3)17-24(36-29)22-15-20(33)16-23(27(22)34)37-32(43)44-26-14-19-6-4-5-7-25(19)45-26/h8-11,14-17,28H,4-7,12-13H2,1-3H3,(H,35,36)(H,37,43). The Balaban J connectivity index is 1.23. The Bertz CT molecular complexity index is 1820. The number of fused-ring (bicyclic) bond motifs is 1. The molecule has 0 spiro atoms. The Labute approximate surface area is 268 Å². The van der Waals surface area contributed by atoms with Gasteiger partial charge in [-0.05, 0) is 74.2 Å². The van der Waals surface area contributed by atoms with Crippen LogP contribution in [0.3, 0.4) is 0 Å². The maximum atomic E-state index is 15.8. The topological polar surface area (TPSA) is 109 Å². The number of piperazine rings is 1. The van der Waals surface area contributed by atoms with Gasteiger partial charge in [-0.15, -0.1) is 11.3 Å². The van der Waals surface area contributed by atoms with Gasteiger partial charge in [0, 0.05) is 54.5 Å². The van der Waals surface area contributed by atoms with Gasteiger partial charge in [0.2, 0.25) is 5.91 Å². The monoisotopic (exact) mass is 650 g/mol. The summed E-state index contributed by atoms with van der Waals surface area (Å²) in [5.41, 5.74) is 2.06. The number of ether oxygens (including phenoxy) is 1. The van der Waals surface area contributed by atoms with Crippen LogP contribution in [0.1, 0.15) is 34.9 Å². The molecule has 1 aliphatic heterocycles. The van der Waals surface area contributed by atoms with Crippen LogP contribution in [-0.2, 0) is 24.7 Å². The molecule has 1 saturated heterocycles. The number of aromatic nitrogens is 2. The number of anilines is 3. The van der Waals surface area contributed by atoms with Crippen molar-refractivity contribution in [3.8, 4) is 16.3 Å². The Hall–Kier alpha value is -4.26. The van der Waals surface area contributed by atoms with Crippen molar-refractivity contribution in [3.63, 3.8) is 0 Å². The predicted molar refractivity (Wildman–Crippen MR) is 173 cm³/mol. The van der Waals surface area contributed by atoms with Gasteiger partial charge >= 0.3 is 6.09 Å². The third-order valence-corrected chi connectivity index (χ3v) is 9.45. The molecular weight excluding hydrogens is 619 g/mol. The normalized spacial score (nSPS) is 16.8. The average molecular weight is 651 g/mol. The maximum Gasteiger partial charge on any atom is 0.417 e. The van der Waals surface area contributed by atoms with Crippen molar-refractivity contribution in [3.05, 3.63) is 85.9 Å². The lowest BCUT2D eigenvalue weighted by Crippen LogP contribution is -2.48. The maximum absolute atomic E-state index is 15.8. The number of nitrogens with one attached hydrogen (secondary N) is 2. The van der Waals surface area contributed by atoms with Gasteiger partial charge in [-0.25, -0.2) is 14.2 Å². The third-order valence-electron chi connectivity index (χ3n) is 8.12. The van der Waals surface area contributed by atoms with E-state index in [0.717, 1.165) is 37.8 Å². The fourth-order valence-electron chi connectivity index (χ4n) is 5.65. The van der Waals surface area contributed by atoms with Crippen LogP contribution in [0.2, 0.25) is 5.02 Å². The molecule has 1 aliphatic carbocycles. The summed E-state index contributed by atoms with van der Waals surface area (Å²) in [6, 6.07) is 11.3. The first-order valence-electron chi connectivity index (χ1n) is 14.6. The van der Waals surface area contributed by atoms with Crippen molar-refractivity contribution in [1.82, 2.24) is 19.4 Å². The highest BCUT2D eigenvalue weighted by Crippen LogP contribution is 2.35. The van der Waals surface area contributed by atoms with Crippen LogP contribution in [0.15, 0.2) is 53.5 Å². The Morgan fingerprint density at radius 3 is 2.58 bits per heavy atom. The van der Waals surface area contributed by atoms with E-state index in [2.05, 4.69) is 15.6 Å². The molecule has 2 aromatic carbocycles. The zero-order valence-corrected chi connectivity index (χ0v) is 26.6. The minimum absolute atomic E-state index is 0.0126. The Morgan fingerprint density at radius 1 is 1.07 bits per heavy atom. The zero-order valence-electron chi connectivity index (χ0n) is 25.0. The van der Waals surface area contributed by atoms with Crippen molar-refractivity contribution >= 4 is 52.1 Å². The van der Waals surface area contributed by atoms with E-state index in [9.17, 15) is 14.4 Å². The van der Waals surface area contributed by atoms with E-state index >= 15 is 4.39 Å². The van der Waals surface area contributed by atoms with Gasteiger partial charge < -0.3 is 19.5 Å². The van der Waals surface area contributed by atoms with Crippen LogP contribution >= 0.6 is 22.9 Å². The Kier molecular flexibility index (Phi) is 8.63. The van der Waals surface area contributed by atoms with Crippen LogP contribution in [0, 0.1) is 5.82 Å². The van der Waals surface area contributed by atoms with Gasteiger partial charge in [0.15, 0.2) is 16.7 Å². The molecule has 234 valence electrons. The number of thiophene rings is 1. The summed E-state index contributed by atoms with van der Waals surface area (Å²) in [5, 5.41) is 6.08. The number of aryl methyl sites for hydroxylation is 3. The largest absolute Gasteiger partial charge is 0.417 e. The molecule has 0 bridgehead atoms. The number of benzene rings is 2. The molecule has 2 amide bonds. The second kappa shape index (κ2) is 12.6. The molecule has 0 radical (unpaired) electrons. The van der Waals surface area contributed by atoms with Crippen molar-refractivity contribution in [1.29, 1.82) is 0 Å². The summed E-state index contributed by atoms with van der Waals surface area (Å²) >= 11 is 7.76. The molecule has 13 heteroatoms. The number of likely N-dealkylation sites (N-methyl/N-ethyl adjacent to an activating group) is 2. The van der Waals surface area contributed by atoms with Crippen molar-refractivity contribution in [2.45, 2.75) is 31.7 Å². The van der Waals surface area contributed by atoms with Gasteiger partial charge in [-0.2, -0.15) is 0 Å². The van der Waals surface area contributed by atoms with Crippen LogP contribution in [0.25, 0.3) is 11.3 Å². The highest BCUT2D eigenvalue weighted by Gasteiger charge is 2.32. The second-order valence-electron chi connectivity index (χ2n) is 11.3. The quantitative estimate of drug-likeness (QED) is 0.264. The molecule has 45 heavy (non-hydrogen) atoms. The predicted octanol–water partition coefficient (Wildman–Crippen LogP) is 5.98. The molecule has 1 atom stereocenters. The van der Waals surface area contributed by atoms with Gasteiger partial charge in [-0.1, -0.05) is 23.7 Å². The number of nitrogens with zero attached hydrogens (tertiary/aromatic N) is 4.